The van der Waals surface area contributed by atoms with Gasteiger partial charge in [-0.05, 0) is 26.8 Å². The average molecular weight is 232 g/mol. The van der Waals surface area contributed by atoms with Crippen molar-refractivity contribution in [3.8, 4) is 0 Å². The van der Waals surface area contributed by atoms with Gasteiger partial charge in [-0.15, -0.1) is 0 Å². The lowest BCUT2D eigenvalue weighted by atomic mass is 10.2. The molecule has 0 saturated carbocycles. The van der Waals surface area contributed by atoms with E-state index in [2.05, 4.69) is 25.9 Å². The molecule has 0 bridgehead atoms. The maximum atomic E-state index is 11.7. The standard InChI is InChI=1S/C11H24N2OS/c1-6-13(5)11(14)8-10(15-7-2)9-12(3)4/h10H,6-9H2,1-5H3. The van der Waals surface area contributed by atoms with E-state index >= 15 is 0 Å². The molecule has 0 aromatic heterocycles. The summed E-state index contributed by atoms with van der Waals surface area (Å²) in [4.78, 5) is 15.7. The van der Waals surface area contributed by atoms with Crippen LogP contribution in [0.5, 0.6) is 0 Å². The fourth-order valence-electron chi connectivity index (χ4n) is 1.35. The van der Waals surface area contributed by atoms with Gasteiger partial charge in [-0.25, -0.2) is 0 Å². The van der Waals surface area contributed by atoms with Gasteiger partial charge in [0.25, 0.3) is 0 Å². The minimum atomic E-state index is 0.255. The van der Waals surface area contributed by atoms with E-state index in [-0.39, 0.29) is 5.91 Å². The van der Waals surface area contributed by atoms with Crippen molar-refractivity contribution in [1.29, 1.82) is 0 Å². The number of carbonyl (C=O) groups excluding carboxylic acids is 1. The van der Waals surface area contributed by atoms with E-state index < -0.39 is 0 Å². The fourth-order valence-corrected chi connectivity index (χ4v) is 2.48. The third-order valence-corrected chi connectivity index (χ3v) is 3.39. The molecule has 1 atom stereocenters. The quantitative estimate of drug-likeness (QED) is 0.665. The van der Waals surface area contributed by atoms with Crippen LogP contribution in [-0.2, 0) is 4.79 Å². The zero-order chi connectivity index (χ0) is 11.8. The van der Waals surface area contributed by atoms with Crippen molar-refractivity contribution in [2.24, 2.45) is 0 Å². The third kappa shape index (κ3) is 6.79. The molecular formula is C11H24N2OS. The van der Waals surface area contributed by atoms with E-state index in [9.17, 15) is 4.79 Å². The second-order valence-electron chi connectivity index (χ2n) is 3.95. The van der Waals surface area contributed by atoms with Crippen LogP contribution >= 0.6 is 11.8 Å². The topological polar surface area (TPSA) is 23.6 Å². The third-order valence-electron chi connectivity index (χ3n) is 2.27. The zero-order valence-electron chi connectivity index (χ0n) is 10.6. The van der Waals surface area contributed by atoms with Crippen LogP contribution in [0.2, 0.25) is 0 Å². The smallest absolute Gasteiger partial charge is 0.223 e. The molecule has 0 spiro atoms. The highest BCUT2D eigenvalue weighted by Gasteiger charge is 2.16. The van der Waals surface area contributed by atoms with E-state index in [4.69, 9.17) is 0 Å². The molecule has 0 fully saturated rings. The summed E-state index contributed by atoms with van der Waals surface area (Å²) in [5.41, 5.74) is 0. The maximum Gasteiger partial charge on any atom is 0.223 e. The lowest BCUT2D eigenvalue weighted by molar-refractivity contribution is -0.129. The molecule has 1 unspecified atom stereocenters. The van der Waals surface area contributed by atoms with Gasteiger partial charge in [0.05, 0.1) is 0 Å². The highest BCUT2D eigenvalue weighted by Crippen LogP contribution is 2.16. The molecule has 0 aromatic rings. The SMILES string of the molecule is CCSC(CC(=O)N(C)CC)CN(C)C. The highest BCUT2D eigenvalue weighted by atomic mass is 32.2. The Labute approximate surface area is 98.2 Å². The highest BCUT2D eigenvalue weighted by molar-refractivity contribution is 7.99. The Morgan fingerprint density at radius 2 is 1.87 bits per heavy atom. The van der Waals surface area contributed by atoms with Gasteiger partial charge in [-0.1, -0.05) is 6.92 Å². The molecule has 4 heteroatoms. The number of thioether (sulfide) groups is 1. The summed E-state index contributed by atoms with van der Waals surface area (Å²) in [6.45, 7) is 5.92. The number of hydrogen-bond donors (Lipinski definition) is 0. The zero-order valence-corrected chi connectivity index (χ0v) is 11.4. The van der Waals surface area contributed by atoms with Gasteiger partial charge in [0.2, 0.25) is 5.91 Å². The predicted octanol–water partition coefficient (Wildman–Crippen LogP) is 1.54. The summed E-state index contributed by atoms with van der Waals surface area (Å²) in [5.74, 6) is 1.33. The Balaban J connectivity index is 4.09. The van der Waals surface area contributed by atoms with Crippen LogP contribution in [0.25, 0.3) is 0 Å². The molecule has 0 aliphatic heterocycles. The number of nitrogens with zero attached hydrogens (tertiary/aromatic N) is 2. The predicted molar refractivity (Wildman–Crippen MR) is 68.4 cm³/mol. The molecular weight excluding hydrogens is 208 g/mol. The minimum absolute atomic E-state index is 0.255. The monoisotopic (exact) mass is 232 g/mol. The number of hydrogen-bond acceptors (Lipinski definition) is 3. The Hall–Kier alpha value is -0.220. The number of rotatable bonds is 7. The first kappa shape index (κ1) is 14.8. The van der Waals surface area contributed by atoms with E-state index in [1.165, 1.54) is 0 Å². The molecule has 0 aliphatic carbocycles. The van der Waals surface area contributed by atoms with Crippen molar-refractivity contribution >= 4 is 17.7 Å². The van der Waals surface area contributed by atoms with Crippen molar-refractivity contribution in [2.45, 2.75) is 25.5 Å². The van der Waals surface area contributed by atoms with Crippen LogP contribution in [0.3, 0.4) is 0 Å². The van der Waals surface area contributed by atoms with Crippen LogP contribution in [0.4, 0.5) is 0 Å². The molecule has 0 radical (unpaired) electrons. The summed E-state index contributed by atoms with van der Waals surface area (Å²) in [7, 11) is 5.97. The van der Waals surface area contributed by atoms with E-state index in [1.54, 1.807) is 4.90 Å². The molecule has 15 heavy (non-hydrogen) atoms. The number of amides is 1. The summed E-state index contributed by atoms with van der Waals surface area (Å²) < 4.78 is 0. The van der Waals surface area contributed by atoms with Crippen molar-refractivity contribution in [3.05, 3.63) is 0 Å². The van der Waals surface area contributed by atoms with Crippen LogP contribution in [-0.4, -0.2) is 60.9 Å². The normalized spacial score (nSPS) is 12.9. The molecule has 0 heterocycles. The van der Waals surface area contributed by atoms with E-state index in [0.29, 0.717) is 11.7 Å². The van der Waals surface area contributed by atoms with Gasteiger partial charge in [0.1, 0.15) is 0 Å². The molecule has 0 N–H and O–H groups in total. The van der Waals surface area contributed by atoms with Crippen LogP contribution in [0.15, 0.2) is 0 Å². The maximum absolute atomic E-state index is 11.7. The van der Waals surface area contributed by atoms with E-state index in [1.807, 2.05) is 25.7 Å². The Morgan fingerprint density at radius 3 is 2.27 bits per heavy atom. The van der Waals surface area contributed by atoms with Crippen LogP contribution < -0.4 is 0 Å². The molecule has 90 valence electrons. The molecule has 0 aliphatic rings. The van der Waals surface area contributed by atoms with E-state index in [0.717, 1.165) is 18.8 Å². The average Bonchev–Trinajstić information content (AvgIpc) is 2.15. The summed E-state index contributed by atoms with van der Waals surface area (Å²) in [5, 5.41) is 0.423. The van der Waals surface area contributed by atoms with Gasteiger partial charge in [-0.3, -0.25) is 4.79 Å². The molecule has 1 amide bonds. The second-order valence-corrected chi connectivity index (χ2v) is 5.53. The lowest BCUT2D eigenvalue weighted by Gasteiger charge is -2.22. The second kappa shape index (κ2) is 7.99. The lowest BCUT2D eigenvalue weighted by Crippen LogP contribution is -2.32. The van der Waals surface area contributed by atoms with Gasteiger partial charge in [-0.2, -0.15) is 11.8 Å². The Kier molecular flexibility index (Phi) is 7.88. The minimum Gasteiger partial charge on any atom is -0.346 e. The van der Waals surface area contributed by atoms with Gasteiger partial charge in [0.15, 0.2) is 0 Å². The molecule has 0 saturated heterocycles. The first-order chi connectivity index (χ1) is 7.01. The molecule has 3 nitrogen and oxygen atoms in total. The van der Waals surface area contributed by atoms with Crippen LogP contribution in [0, 0.1) is 0 Å². The van der Waals surface area contributed by atoms with Crippen molar-refractivity contribution in [2.75, 3.05) is 40.0 Å². The van der Waals surface area contributed by atoms with Crippen LogP contribution in [0.1, 0.15) is 20.3 Å². The van der Waals surface area contributed by atoms with Crippen molar-refractivity contribution in [1.82, 2.24) is 9.80 Å². The summed E-state index contributed by atoms with van der Waals surface area (Å²) in [6, 6.07) is 0. The van der Waals surface area contributed by atoms with Crippen molar-refractivity contribution in [3.63, 3.8) is 0 Å². The van der Waals surface area contributed by atoms with Gasteiger partial charge >= 0.3 is 0 Å². The molecule has 0 aromatic carbocycles. The molecule has 0 rings (SSSR count). The van der Waals surface area contributed by atoms with Gasteiger partial charge in [0, 0.05) is 31.8 Å². The largest absolute Gasteiger partial charge is 0.346 e. The fraction of sp³-hybridized carbons (Fsp3) is 0.909. The Bertz CT molecular complexity index is 185. The van der Waals surface area contributed by atoms with Gasteiger partial charge < -0.3 is 9.80 Å². The first-order valence-corrected chi connectivity index (χ1v) is 6.56. The number of carbonyl (C=O) groups is 1. The first-order valence-electron chi connectivity index (χ1n) is 5.51. The van der Waals surface area contributed by atoms with Crippen molar-refractivity contribution < 1.29 is 4.79 Å². The summed E-state index contributed by atoms with van der Waals surface area (Å²) >= 11 is 1.87. The summed E-state index contributed by atoms with van der Waals surface area (Å²) in [6.07, 6.45) is 0.654. The Morgan fingerprint density at radius 1 is 1.27 bits per heavy atom.